The van der Waals surface area contributed by atoms with Gasteiger partial charge >= 0.3 is 5.97 Å². The zero-order chi connectivity index (χ0) is 14.6. The van der Waals surface area contributed by atoms with Crippen molar-refractivity contribution in [1.82, 2.24) is 4.90 Å². The van der Waals surface area contributed by atoms with Crippen molar-refractivity contribution in [1.29, 1.82) is 0 Å². The molecule has 19 heavy (non-hydrogen) atoms. The maximum atomic E-state index is 10.7. The molecule has 0 spiro atoms. The molecule has 0 unspecified atom stereocenters. The van der Waals surface area contributed by atoms with Gasteiger partial charge in [0.15, 0.2) is 0 Å². The summed E-state index contributed by atoms with van der Waals surface area (Å²) in [7, 11) is 5.00. The highest BCUT2D eigenvalue weighted by atomic mass is 16.5. The highest BCUT2D eigenvalue weighted by Gasteiger charge is 2.15. The summed E-state index contributed by atoms with van der Waals surface area (Å²) in [4.78, 5) is 12.4. The van der Waals surface area contributed by atoms with Gasteiger partial charge in [-0.15, -0.1) is 0 Å². The van der Waals surface area contributed by atoms with Crippen LogP contribution in [0.2, 0.25) is 0 Å². The molecule has 0 fully saturated rings. The van der Waals surface area contributed by atoms with Crippen LogP contribution in [0.5, 0.6) is 11.5 Å². The number of methoxy groups -OCH3 is 2. The van der Waals surface area contributed by atoms with Crippen LogP contribution in [0.15, 0.2) is 6.07 Å². The van der Waals surface area contributed by atoms with Crippen molar-refractivity contribution >= 4 is 5.97 Å². The Kier molecular flexibility index (Phi) is 5.18. The fourth-order valence-corrected chi connectivity index (χ4v) is 2.12. The number of nitrogens with zero attached hydrogens (tertiary/aromatic N) is 1. The highest BCUT2D eigenvalue weighted by Crippen LogP contribution is 2.33. The molecule has 5 nitrogen and oxygen atoms in total. The van der Waals surface area contributed by atoms with Crippen molar-refractivity contribution in [3.63, 3.8) is 0 Å². The summed E-state index contributed by atoms with van der Waals surface area (Å²) in [5.41, 5.74) is 2.97. The van der Waals surface area contributed by atoms with Crippen LogP contribution in [0, 0.1) is 13.8 Å². The van der Waals surface area contributed by atoms with Gasteiger partial charge in [0.2, 0.25) is 0 Å². The monoisotopic (exact) mass is 267 g/mol. The van der Waals surface area contributed by atoms with E-state index in [1.165, 1.54) is 0 Å². The van der Waals surface area contributed by atoms with Crippen molar-refractivity contribution < 1.29 is 19.4 Å². The summed E-state index contributed by atoms with van der Waals surface area (Å²) in [5, 5.41) is 8.79. The molecule has 0 saturated carbocycles. The minimum Gasteiger partial charge on any atom is -0.496 e. The molecule has 106 valence electrons. The minimum atomic E-state index is -0.850. The van der Waals surface area contributed by atoms with Crippen molar-refractivity contribution in [2.45, 2.75) is 20.4 Å². The lowest BCUT2D eigenvalue weighted by Gasteiger charge is -2.20. The Balaban J connectivity index is 3.11. The zero-order valence-electron chi connectivity index (χ0n) is 12.1. The number of carbonyl (C=O) groups is 1. The second-order valence-electron chi connectivity index (χ2n) is 4.59. The minimum absolute atomic E-state index is 0.0155. The average molecular weight is 267 g/mol. The molecule has 1 aromatic carbocycles. The van der Waals surface area contributed by atoms with Crippen molar-refractivity contribution in [3.8, 4) is 11.5 Å². The highest BCUT2D eigenvalue weighted by molar-refractivity contribution is 5.69. The number of likely N-dealkylation sites (N-methyl/N-ethyl adjacent to an activating group) is 1. The van der Waals surface area contributed by atoms with Gasteiger partial charge in [-0.1, -0.05) is 0 Å². The fraction of sp³-hybridized carbons (Fsp3) is 0.500. The molecular formula is C14H21NO4. The van der Waals surface area contributed by atoms with Gasteiger partial charge in [-0.3, -0.25) is 9.69 Å². The number of benzene rings is 1. The van der Waals surface area contributed by atoms with Crippen molar-refractivity contribution in [2.24, 2.45) is 0 Å². The van der Waals surface area contributed by atoms with E-state index in [0.29, 0.717) is 6.54 Å². The number of aliphatic carboxylic acids is 1. The van der Waals surface area contributed by atoms with Gasteiger partial charge in [-0.25, -0.2) is 0 Å². The normalized spacial score (nSPS) is 10.6. The molecule has 0 saturated heterocycles. The van der Waals surface area contributed by atoms with E-state index in [1.54, 1.807) is 26.2 Å². The third-order valence-corrected chi connectivity index (χ3v) is 3.14. The summed E-state index contributed by atoms with van der Waals surface area (Å²) in [6.07, 6.45) is 0. The average Bonchev–Trinajstić information content (AvgIpc) is 2.33. The molecule has 0 aromatic heterocycles. The number of ether oxygens (including phenoxy) is 2. The summed E-state index contributed by atoms with van der Waals surface area (Å²) in [6.45, 7) is 4.42. The lowest BCUT2D eigenvalue weighted by molar-refractivity contribution is -0.138. The quantitative estimate of drug-likeness (QED) is 0.852. The molecule has 1 rings (SSSR count). The Morgan fingerprint density at radius 3 is 2.37 bits per heavy atom. The molecule has 1 N–H and O–H groups in total. The molecule has 0 atom stereocenters. The molecule has 5 heteroatoms. The zero-order valence-corrected chi connectivity index (χ0v) is 12.1. The van der Waals surface area contributed by atoms with Crippen LogP contribution in [0.3, 0.4) is 0 Å². The molecular weight excluding hydrogens is 246 g/mol. The summed E-state index contributed by atoms with van der Waals surface area (Å²) in [5.74, 6) is 0.727. The lowest BCUT2D eigenvalue weighted by atomic mass is 10.0. The molecule has 0 aliphatic rings. The summed E-state index contributed by atoms with van der Waals surface area (Å²) in [6, 6.07) is 1.90. The van der Waals surface area contributed by atoms with E-state index in [4.69, 9.17) is 14.6 Å². The second kappa shape index (κ2) is 6.43. The van der Waals surface area contributed by atoms with Gasteiger partial charge in [0.25, 0.3) is 0 Å². The maximum Gasteiger partial charge on any atom is 0.317 e. The third kappa shape index (κ3) is 3.61. The number of carboxylic acid groups (broad SMARTS) is 1. The molecule has 0 aliphatic carbocycles. The van der Waals surface area contributed by atoms with Crippen LogP contribution in [0.1, 0.15) is 16.7 Å². The number of carboxylic acids is 1. The maximum absolute atomic E-state index is 10.7. The Bertz CT molecular complexity index is 471. The smallest absolute Gasteiger partial charge is 0.317 e. The Morgan fingerprint density at radius 2 is 1.89 bits per heavy atom. The number of hydrogen-bond acceptors (Lipinski definition) is 4. The predicted octanol–water partition coefficient (Wildman–Crippen LogP) is 1.84. The Labute approximate surface area is 113 Å². The van der Waals surface area contributed by atoms with Crippen molar-refractivity contribution in [2.75, 3.05) is 27.8 Å². The van der Waals surface area contributed by atoms with E-state index in [-0.39, 0.29) is 6.54 Å². The van der Waals surface area contributed by atoms with Crippen LogP contribution >= 0.6 is 0 Å². The first-order valence-electron chi connectivity index (χ1n) is 6.02. The predicted molar refractivity (Wildman–Crippen MR) is 73.0 cm³/mol. The van der Waals surface area contributed by atoms with Gasteiger partial charge in [0.05, 0.1) is 20.8 Å². The van der Waals surface area contributed by atoms with Crippen LogP contribution in [-0.2, 0) is 11.3 Å². The third-order valence-electron chi connectivity index (χ3n) is 3.14. The SMILES string of the molecule is COc1cc(CN(C)CC(=O)O)c(OC)c(C)c1C. The molecule has 0 radical (unpaired) electrons. The molecule has 0 amide bonds. The lowest BCUT2D eigenvalue weighted by Crippen LogP contribution is -2.25. The summed E-state index contributed by atoms with van der Waals surface area (Å²) >= 11 is 0. The number of rotatable bonds is 6. The Hall–Kier alpha value is -1.75. The van der Waals surface area contributed by atoms with Crippen LogP contribution < -0.4 is 9.47 Å². The van der Waals surface area contributed by atoms with E-state index < -0.39 is 5.97 Å². The van der Waals surface area contributed by atoms with E-state index in [1.807, 2.05) is 19.9 Å². The van der Waals surface area contributed by atoms with Gasteiger partial charge in [0, 0.05) is 12.1 Å². The topological polar surface area (TPSA) is 59.0 Å². The van der Waals surface area contributed by atoms with Gasteiger partial charge in [-0.2, -0.15) is 0 Å². The Morgan fingerprint density at radius 1 is 1.26 bits per heavy atom. The van der Waals surface area contributed by atoms with E-state index in [0.717, 1.165) is 28.2 Å². The molecule has 0 bridgehead atoms. The first-order valence-corrected chi connectivity index (χ1v) is 6.02. The first-order chi connectivity index (χ1) is 8.90. The van der Waals surface area contributed by atoms with Gasteiger partial charge in [0.1, 0.15) is 11.5 Å². The van der Waals surface area contributed by atoms with Crippen LogP contribution in [-0.4, -0.2) is 43.8 Å². The van der Waals surface area contributed by atoms with E-state index in [2.05, 4.69) is 0 Å². The standard InChI is InChI=1S/C14H21NO4/c1-9-10(2)14(19-5)11(6-12(9)18-4)7-15(3)8-13(16)17/h6H,7-8H2,1-5H3,(H,16,17). The molecule has 0 aliphatic heterocycles. The van der Waals surface area contributed by atoms with Crippen molar-refractivity contribution in [3.05, 3.63) is 22.8 Å². The second-order valence-corrected chi connectivity index (χ2v) is 4.59. The molecule has 0 heterocycles. The van der Waals surface area contributed by atoms with Crippen LogP contribution in [0.25, 0.3) is 0 Å². The van der Waals surface area contributed by atoms with E-state index in [9.17, 15) is 4.79 Å². The van der Waals surface area contributed by atoms with E-state index >= 15 is 0 Å². The first kappa shape index (κ1) is 15.3. The van der Waals surface area contributed by atoms with Crippen LogP contribution in [0.4, 0.5) is 0 Å². The van der Waals surface area contributed by atoms with Gasteiger partial charge < -0.3 is 14.6 Å². The molecule has 1 aromatic rings. The van der Waals surface area contributed by atoms with Gasteiger partial charge in [-0.05, 0) is 38.1 Å². The fourth-order valence-electron chi connectivity index (χ4n) is 2.12. The number of hydrogen-bond donors (Lipinski definition) is 1. The largest absolute Gasteiger partial charge is 0.496 e. The summed E-state index contributed by atoms with van der Waals surface area (Å²) < 4.78 is 10.8.